The summed E-state index contributed by atoms with van der Waals surface area (Å²) in [6.45, 7) is 0. The van der Waals surface area contributed by atoms with E-state index in [4.69, 9.17) is 5.26 Å². The van der Waals surface area contributed by atoms with Crippen LogP contribution in [0.25, 0.3) is 10.8 Å². The Kier molecular flexibility index (Phi) is 8.38. The van der Waals surface area contributed by atoms with Crippen molar-refractivity contribution in [2.45, 2.75) is 9.79 Å². The molecular weight excluding hydrogens is 590 g/mol. The Balaban J connectivity index is 1.66. The van der Waals surface area contributed by atoms with Gasteiger partial charge < -0.3 is 20.8 Å². The molecule has 0 unspecified atom stereocenters. The second-order valence-corrected chi connectivity index (χ2v) is 10.4. The molecule has 5 aromatic rings. The highest BCUT2D eigenvalue weighted by Crippen LogP contribution is 2.47. The van der Waals surface area contributed by atoms with Crippen LogP contribution < -0.4 is 10.6 Å². The van der Waals surface area contributed by atoms with Crippen molar-refractivity contribution in [3.8, 4) is 11.8 Å². The number of nitrogens with zero attached hydrogens (tertiary/aromatic N) is 5. The van der Waals surface area contributed by atoms with Crippen molar-refractivity contribution < 1.29 is 37.8 Å². The van der Waals surface area contributed by atoms with Crippen molar-refractivity contribution >= 4 is 67.6 Å². The molecule has 0 amide bonds. The molecule has 0 spiro atoms. The normalized spacial score (nSPS) is 11.7. The molecule has 0 fully saturated rings. The summed E-state index contributed by atoms with van der Waals surface area (Å²) >= 11 is 0.447. The lowest BCUT2D eigenvalue weighted by Gasteiger charge is -2.15. The standard InChI is InChI=1S/C25H19N7O8S2/c33-22-20-14(12-19(41-40-39-35)21(22)32-31-16-9-5-2-6-10-16)11-17(42(36,37)38)13-18(20)27-24-28-23(29-25(34)30-24)26-15-7-3-1-4-8-15/h1-13,33,35H,(H,36,37,38)(H3,26,27,28,29,30,34). The minimum Gasteiger partial charge on any atom is -0.505 e. The molecule has 0 atom stereocenters. The van der Waals surface area contributed by atoms with Crippen LogP contribution in [-0.4, -0.2) is 43.4 Å². The van der Waals surface area contributed by atoms with Crippen molar-refractivity contribution in [2.24, 2.45) is 10.2 Å². The zero-order valence-corrected chi connectivity index (χ0v) is 22.6. The number of phenols is 1. The van der Waals surface area contributed by atoms with E-state index in [-0.39, 0.29) is 38.9 Å². The third kappa shape index (κ3) is 6.69. The molecule has 6 N–H and O–H groups in total. The van der Waals surface area contributed by atoms with E-state index in [1.807, 2.05) is 6.07 Å². The summed E-state index contributed by atoms with van der Waals surface area (Å²) in [7, 11) is -4.75. The minimum absolute atomic E-state index is 0.0103. The van der Waals surface area contributed by atoms with Crippen LogP contribution >= 0.6 is 12.0 Å². The van der Waals surface area contributed by atoms with Crippen LogP contribution in [0.4, 0.5) is 34.6 Å². The lowest BCUT2D eigenvalue weighted by Crippen LogP contribution is -2.05. The third-order valence-electron chi connectivity index (χ3n) is 5.50. The maximum atomic E-state index is 12.1. The van der Waals surface area contributed by atoms with Gasteiger partial charge in [-0.15, -0.1) is 9.45 Å². The van der Waals surface area contributed by atoms with Gasteiger partial charge in [-0.2, -0.15) is 28.5 Å². The van der Waals surface area contributed by atoms with Crippen molar-refractivity contribution in [1.29, 1.82) is 0 Å². The number of para-hydroxylation sites is 1. The topological polar surface area (TPSA) is 221 Å². The first-order chi connectivity index (χ1) is 20.2. The largest absolute Gasteiger partial charge is 0.505 e. The van der Waals surface area contributed by atoms with Crippen LogP contribution in [-0.2, 0) is 19.5 Å². The number of fused-ring (bicyclic) bond motifs is 1. The smallest absolute Gasteiger partial charge is 0.320 e. The van der Waals surface area contributed by atoms with Gasteiger partial charge >= 0.3 is 6.01 Å². The van der Waals surface area contributed by atoms with E-state index in [1.165, 1.54) is 6.07 Å². The molecule has 0 aliphatic heterocycles. The van der Waals surface area contributed by atoms with E-state index in [0.717, 1.165) is 12.1 Å². The molecule has 1 heterocycles. The van der Waals surface area contributed by atoms with Gasteiger partial charge in [0.2, 0.25) is 11.9 Å². The molecule has 0 saturated carbocycles. The van der Waals surface area contributed by atoms with Crippen LogP contribution in [0.1, 0.15) is 0 Å². The number of nitrogens with one attached hydrogen (secondary N) is 2. The number of rotatable bonds is 10. The van der Waals surface area contributed by atoms with Gasteiger partial charge in [-0.05, 0) is 47.9 Å². The Bertz CT molecular complexity index is 1880. The molecule has 0 radical (unpaired) electrons. The van der Waals surface area contributed by atoms with Crippen LogP contribution in [0.5, 0.6) is 11.8 Å². The monoisotopic (exact) mass is 609 g/mol. The third-order valence-corrected chi connectivity index (χ3v) is 6.95. The number of benzene rings is 4. The molecule has 4 aromatic carbocycles. The first kappa shape index (κ1) is 28.6. The summed E-state index contributed by atoms with van der Waals surface area (Å²) in [5.41, 5.74) is 0.825. The van der Waals surface area contributed by atoms with E-state index in [0.29, 0.717) is 23.4 Å². The fourth-order valence-electron chi connectivity index (χ4n) is 3.77. The van der Waals surface area contributed by atoms with Gasteiger partial charge in [0.25, 0.3) is 10.1 Å². The average Bonchev–Trinajstić information content (AvgIpc) is 2.95. The van der Waals surface area contributed by atoms with Gasteiger partial charge in [0.15, 0.2) is 5.75 Å². The van der Waals surface area contributed by atoms with Gasteiger partial charge in [-0.3, -0.25) is 4.55 Å². The molecule has 0 aliphatic rings. The Morgan fingerprint density at radius 2 is 1.50 bits per heavy atom. The molecule has 214 valence electrons. The molecular formula is C25H19N7O8S2. The van der Waals surface area contributed by atoms with Gasteiger partial charge in [0.1, 0.15) is 5.69 Å². The van der Waals surface area contributed by atoms with E-state index in [9.17, 15) is 23.2 Å². The predicted octanol–water partition coefficient (Wildman–Crippen LogP) is 6.01. The van der Waals surface area contributed by atoms with Crippen LogP contribution in [0.3, 0.4) is 0 Å². The van der Waals surface area contributed by atoms with Gasteiger partial charge in [-0.1, -0.05) is 41.4 Å². The Morgan fingerprint density at radius 1 is 0.833 bits per heavy atom. The summed E-state index contributed by atoms with van der Waals surface area (Å²) < 4.78 is 38.6. The number of hydrogen-bond donors (Lipinski definition) is 6. The molecule has 15 nitrogen and oxygen atoms in total. The summed E-state index contributed by atoms with van der Waals surface area (Å²) in [6.07, 6.45) is 0. The number of azo groups is 1. The highest BCUT2D eigenvalue weighted by molar-refractivity contribution is 7.94. The molecule has 42 heavy (non-hydrogen) atoms. The van der Waals surface area contributed by atoms with Crippen LogP contribution in [0.15, 0.2) is 98.9 Å². The Morgan fingerprint density at radius 3 is 2.17 bits per heavy atom. The second kappa shape index (κ2) is 12.3. The number of aromatic hydroxyl groups is 2. The quantitative estimate of drug-likeness (QED) is 0.0351. The molecule has 0 bridgehead atoms. The highest BCUT2D eigenvalue weighted by Gasteiger charge is 2.22. The van der Waals surface area contributed by atoms with E-state index in [2.05, 4.69) is 45.2 Å². The van der Waals surface area contributed by atoms with Crippen molar-refractivity contribution in [3.63, 3.8) is 0 Å². The molecule has 0 aliphatic carbocycles. The fraction of sp³-hybridized carbons (Fsp3) is 0. The summed E-state index contributed by atoms with van der Waals surface area (Å²) in [5.74, 6) is -0.786. The summed E-state index contributed by atoms with van der Waals surface area (Å²) in [5, 5.41) is 47.8. The Labute approximate surface area is 241 Å². The van der Waals surface area contributed by atoms with Gasteiger partial charge in [0, 0.05) is 11.1 Å². The van der Waals surface area contributed by atoms with E-state index < -0.39 is 26.8 Å². The van der Waals surface area contributed by atoms with Crippen molar-refractivity contribution in [3.05, 3.63) is 78.9 Å². The lowest BCUT2D eigenvalue weighted by molar-refractivity contribution is -0.432. The van der Waals surface area contributed by atoms with Crippen molar-refractivity contribution in [1.82, 2.24) is 15.0 Å². The molecule has 1 aromatic heterocycles. The zero-order valence-electron chi connectivity index (χ0n) is 21.0. The van der Waals surface area contributed by atoms with E-state index in [1.54, 1.807) is 54.6 Å². The number of aromatic nitrogens is 3. The first-order valence-electron chi connectivity index (χ1n) is 11.7. The fourth-order valence-corrected chi connectivity index (χ4v) is 4.81. The van der Waals surface area contributed by atoms with Gasteiger partial charge in [0.05, 0.1) is 33.2 Å². The minimum atomic E-state index is -4.75. The van der Waals surface area contributed by atoms with E-state index >= 15 is 0 Å². The summed E-state index contributed by atoms with van der Waals surface area (Å²) in [6, 6.07) is 20.2. The Hall–Kier alpha value is -4.91. The number of anilines is 4. The molecule has 17 heteroatoms. The maximum absolute atomic E-state index is 12.1. The highest BCUT2D eigenvalue weighted by atomic mass is 32.2. The molecule has 0 saturated heterocycles. The number of phenolic OH excluding ortho intramolecular Hbond substituents is 1. The van der Waals surface area contributed by atoms with Crippen LogP contribution in [0.2, 0.25) is 0 Å². The number of hydrogen-bond acceptors (Lipinski definition) is 15. The molecule has 5 rings (SSSR count). The maximum Gasteiger partial charge on any atom is 0.320 e. The lowest BCUT2D eigenvalue weighted by atomic mass is 10.1. The van der Waals surface area contributed by atoms with Gasteiger partial charge in [-0.25, -0.2) is 5.26 Å². The van der Waals surface area contributed by atoms with Crippen molar-refractivity contribution in [2.75, 3.05) is 10.6 Å². The average molecular weight is 610 g/mol. The predicted molar refractivity (Wildman–Crippen MR) is 151 cm³/mol. The summed E-state index contributed by atoms with van der Waals surface area (Å²) in [4.78, 5) is 11.4. The van der Waals surface area contributed by atoms with Crippen LogP contribution in [0, 0.1) is 0 Å². The second-order valence-electron chi connectivity index (χ2n) is 8.28. The SMILES string of the molecule is O=S(=O)(O)c1cc(Nc2nc(O)nc(Nc3ccccc3)n2)c2c(O)c(N=Nc3ccccc3)c(SOOO)cc2c1. The zero-order chi connectivity index (χ0) is 29.7. The first-order valence-corrected chi connectivity index (χ1v) is 13.9.